The molecule has 0 radical (unpaired) electrons. The third-order valence-electron chi connectivity index (χ3n) is 6.55. The summed E-state index contributed by atoms with van der Waals surface area (Å²) in [6.45, 7) is 4.61. The molecule has 2 saturated heterocycles. The zero-order valence-corrected chi connectivity index (χ0v) is 17.5. The fraction of sp³-hybridized carbons (Fsp3) is 0.480. The van der Waals surface area contributed by atoms with Gasteiger partial charge in [-0.15, -0.1) is 0 Å². The molecule has 2 heterocycles. The van der Waals surface area contributed by atoms with Gasteiger partial charge in [0.25, 0.3) is 0 Å². The number of rotatable bonds is 7. The minimum Gasteiger partial charge on any atom is -0.497 e. The van der Waals surface area contributed by atoms with Crippen molar-refractivity contribution in [1.29, 1.82) is 0 Å². The SMILES string of the molecule is COc1cccc(CN2CCCC3(CCN(CCCc4ccccc4)C3)C2=O)c1. The highest BCUT2D eigenvalue weighted by molar-refractivity contribution is 5.84. The largest absolute Gasteiger partial charge is 0.497 e. The average molecular weight is 393 g/mol. The Hall–Kier alpha value is -2.33. The van der Waals surface area contributed by atoms with Gasteiger partial charge in [-0.1, -0.05) is 42.5 Å². The van der Waals surface area contributed by atoms with E-state index in [9.17, 15) is 4.79 Å². The van der Waals surface area contributed by atoms with Crippen LogP contribution >= 0.6 is 0 Å². The monoisotopic (exact) mass is 392 g/mol. The maximum Gasteiger partial charge on any atom is 0.230 e. The summed E-state index contributed by atoms with van der Waals surface area (Å²) in [6.07, 6.45) is 5.41. The molecule has 2 aromatic rings. The van der Waals surface area contributed by atoms with Crippen LogP contribution < -0.4 is 4.74 Å². The molecule has 2 aromatic carbocycles. The van der Waals surface area contributed by atoms with E-state index in [1.807, 2.05) is 18.2 Å². The van der Waals surface area contributed by atoms with Crippen molar-refractivity contribution in [3.05, 3.63) is 65.7 Å². The molecule has 2 fully saturated rings. The molecule has 0 saturated carbocycles. The number of likely N-dealkylation sites (tertiary alicyclic amines) is 2. The molecule has 2 aliphatic rings. The van der Waals surface area contributed by atoms with Gasteiger partial charge in [-0.05, 0) is 68.5 Å². The van der Waals surface area contributed by atoms with Gasteiger partial charge in [0.15, 0.2) is 0 Å². The van der Waals surface area contributed by atoms with Gasteiger partial charge >= 0.3 is 0 Å². The molecule has 4 nitrogen and oxygen atoms in total. The number of ether oxygens (including phenoxy) is 1. The van der Waals surface area contributed by atoms with Crippen molar-refractivity contribution in [3.8, 4) is 5.75 Å². The summed E-state index contributed by atoms with van der Waals surface area (Å²) in [7, 11) is 1.69. The molecule has 0 bridgehead atoms. The Labute approximate surface area is 174 Å². The first-order valence-corrected chi connectivity index (χ1v) is 10.9. The first-order chi connectivity index (χ1) is 14.2. The second-order valence-electron chi connectivity index (χ2n) is 8.58. The summed E-state index contributed by atoms with van der Waals surface area (Å²) in [5.74, 6) is 1.21. The lowest BCUT2D eigenvalue weighted by atomic mass is 9.78. The number of carbonyl (C=O) groups is 1. The van der Waals surface area contributed by atoms with Gasteiger partial charge in [0.05, 0.1) is 12.5 Å². The van der Waals surface area contributed by atoms with Crippen LogP contribution in [0.25, 0.3) is 0 Å². The number of nitrogens with zero attached hydrogens (tertiary/aromatic N) is 2. The third-order valence-corrected chi connectivity index (χ3v) is 6.55. The molecule has 4 rings (SSSR count). The van der Waals surface area contributed by atoms with E-state index in [1.54, 1.807) is 7.11 Å². The zero-order chi connectivity index (χ0) is 20.1. The summed E-state index contributed by atoms with van der Waals surface area (Å²) in [6, 6.07) is 18.8. The van der Waals surface area contributed by atoms with Gasteiger partial charge in [-0.3, -0.25) is 4.79 Å². The minimum atomic E-state index is -0.163. The molecular weight excluding hydrogens is 360 g/mol. The van der Waals surface area contributed by atoms with Crippen LogP contribution in [0.5, 0.6) is 5.75 Å². The van der Waals surface area contributed by atoms with Crippen molar-refractivity contribution in [2.75, 3.05) is 33.3 Å². The molecule has 154 valence electrons. The number of hydrogen-bond acceptors (Lipinski definition) is 3. The van der Waals surface area contributed by atoms with E-state index in [2.05, 4.69) is 46.2 Å². The van der Waals surface area contributed by atoms with Gasteiger partial charge in [-0.25, -0.2) is 0 Å². The Morgan fingerprint density at radius 1 is 1.00 bits per heavy atom. The second kappa shape index (κ2) is 9.00. The van der Waals surface area contributed by atoms with Crippen LogP contribution in [0, 0.1) is 5.41 Å². The lowest BCUT2D eigenvalue weighted by Crippen LogP contribution is -2.49. The highest BCUT2D eigenvalue weighted by atomic mass is 16.5. The Kier molecular flexibility index (Phi) is 6.19. The molecule has 4 heteroatoms. The topological polar surface area (TPSA) is 32.8 Å². The fourth-order valence-corrected chi connectivity index (χ4v) is 4.97. The number of carbonyl (C=O) groups excluding carboxylic acids is 1. The predicted octanol–water partition coefficient (Wildman–Crippen LogP) is 4.14. The van der Waals surface area contributed by atoms with Crippen LogP contribution in [0.2, 0.25) is 0 Å². The predicted molar refractivity (Wildman–Crippen MR) is 116 cm³/mol. The molecule has 0 aromatic heterocycles. The quantitative estimate of drug-likeness (QED) is 0.710. The molecule has 1 unspecified atom stereocenters. The normalized spacial score (nSPS) is 22.4. The number of piperidine rings is 1. The zero-order valence-electron chi connectivity index (χ0n) is 17.5. The van der Waals surface area contributed by atoms with Crippen molar-refractivity contribution in [2.45, 2.75) is 38.6 Å². The van der Waals surface area contributed by atoms with E-state index < -0.39 is 0 Å². The van der Waals surface area contributed by atoms with Gasteiger partial charge < -0.3 is 14.5 Å². The van der Waals surface area contributed by atoms with E-state index >= 15 is 0 Å². The second-order valence-corrected chi connectivity index (χ2v) is 8.58. The van der Waals surface area contributed by atoms with Gasteiger partial charge in [0.2, 0.25) is 5.91 Å². The van der Waals surface area contributed by atoms with Crippen molar-refractivity contribution in [2.24, 2.45) is 5.41 Å². The molecule has 2 aliphatic heterocycles. The van der Waals surface area contributed by atoms with Crippen molar-refractivity contribution in [3.63, 3.8) is 0 Å². The standard InChI is InChI=1S/C25H32N2O2/c1-29-23-12-5-10-22(18-23)19-27-16-7-13-25(24(27)28)14-17-26(20-25)15-6-11-21-8-3-2-4-9-21/h2-5,8-10,12,18H,6-7,11,13-17,19-20H2,1H3. The van der Waals surface area contributed by atoms with Crippen LogP contribution in [0.4, 0.5) is 0 Å². The maximum absolute atomic E-state index is 13.4. The third kappa shape index (κ3) is 4.64. The number of hydrogen-bond donors (Lipinski definition) is 0. The maximum atomic E-state index is 13.4. The summed E-state index contributed by atoms with van der Waals surface area (Å²) >= 11 is 0. The highest BCUT2D eigenvalue weighted by Gasteiger charge is 2.47. The molecular formula is C25H32N2O2. The number of methoxy groups -OCH3 is 1. The smallest absolute Gasteiger partial charge is 0.230 e. The van der Waals surface area contributed by atoms with E-state index in [4.69, 9.17) is 4.74 Å². The first-order valence-electron chi connectivity index (χ1n) is 10.9. The summed E-state index contributed by atoms with van der Waals surface area (Å²) in [5.41, 5.74) is 2.39. The molecule has 1 spiro atoms. The molecule has 0 aliphatic carbocycles. The van der Waals surface area contributed by atoms with Crippen LogP contribution in [0.1, 0.15) is 36.8 Å². The fourth-order valence-electron chi connectivity index (χ4n) is 4.97. The number of benzene rings is 2. The Morgan fingerprint density at radius 3 is 2.66 bits per heavy atom. The van der Waals surface area contributed by atoms with Gasteiger partial charge in [0.1, 0.15) is 5.75 Å². The number of amides is 1. The summed E-state index contributed by atoms with van der Waals surface area (Å²) < 4.78 is 5.34. The van der Waals surface area contributed by atoms with Gasteiger partial charge in [0, 0.05) is 19.6 Å². The lowest BCUT2D eigenvalue weighted by Gasteiger charge is -2.39. The van der Waals surface area contributed by atoms with E-state index in [-0.39, 0.29) is 5.41 Å². The first kappa shape index (κ1) is 20.0. The number of aryl methyl sites for hydroxylation is 1. The lowest BCUT2D eigenvalue weighted by molar-refractivity contribution is -0.146. The summed E-state index contributed by atoms with van der Waals surface area (Å²) in [5, 5.41) is 0. The Morgan fingerprint density at radius 2 is 1.83 bits per heavy atom. The van der Waals surface area contributed by atoms with Crippen LogP contribution in [-0.4, -0.2) is 49.0 Å². The van der Waals surface area contributed by atoms with E-state index in [1.165, 1.54) is 5.56 Å². The molecule has 1 atom stereocenters. The Bertz CT molecular complexity index is 823. The molecule has 0 N–H and O–H groups in total. The molecule has 1 amide bonds. The highest BCUT2D eigenvalue weighted by Crippen LogP contribution is 2.40. The Balaban J connectivity index is 1.33. The van der Waals surface area contributed by atoms with E-state index in [0.29, 0.717) is 12.5 Å². The summed E-state index contributed by atoms with van der Waals surface area (Å²) in [4.78, 5) is 18.0. The van der Waals surface area contributed by atoms with Gasteiger partial charge in [-0.2, -0.15) is 0 Å². The van der Waals surface area contributed by atoms with Crippen LogP contribution in [0.15, 0.2) is 54.6 Å². The van der Waals surface area contributed by atoms with Crippen molar-refractivity contribution < 1.29 is 9.53 Å². The van der Waals surface area contributed by atoms with Crippen LogP contribution in [-0.2, 0) is 17.8 Å². The van der Waals surface area contributed by atoms with E-state index in [0.717, 1.165) is 69.6 Å². The minimum absolute atomic E-state index is 0.163. The molecule has 29 heavy (non-hydrogen) atoms. The van der Waals surface area contributed by atoms with Crippen molar-refractivity contribution in [1.82, 2.24) is 9.80 Å². The van der Waals surface area contributed by atoms with Crippen LogP contribution in [0.3, 0.4) is 0 Å². The van der Waals surface area contributed by atoms with Crippen molar-refractivity contribution >= 4 is 5.91 Å². The average Bonchev–Trinajstić information content (AvgIpc) is 3.16.